The van der Waals surface area contributed by atoms with E-state index in [1.807, 2.05) is 12.1 Å². The van der Waals surface area contributed by atoms with Crippen molar-refractivity contribution in [1.29, 1.82) is 0 Å². The molecule has 0 radical (unpaired) electrons. The van der Waals surface area contributed by atoms with Crippen molar-refractivity contribution in [3.63, 3.8) is 0 Å². The molecule has 2 heterocycles. The number of rotatable bonds is 3. The number of imidazole rings is 1. The van der Waals surface area contributed by atoms with Crippen molar-refractivity contribution in [3.05, 3.63) is 82.1 Å². The quantitative estimate of drug-likeness (QED) is 0.436. The van der Waals surface area contributed by atoms with Crippen LogP contribution in [0.1, 0.15) is 22.3 Å². The summed E-state index contributed by atoms with van der Waals surface area (Å²) in [6.07, 6.45) is 1.70. The summed E-state index contributed by atoms with van der Waals surface area (Å²) in [4.78, 5) is 9.14. The number of halogens is 1. The van der Waals surface area contributed by atoms with Crippen LogP contribution in [0.25, 0.3) is 22.4 Å². The Morgan fingerprint density at radius 2 is 1.77 bits per heavy atom. The summed E-state index contributed by atoms with van der Waals surface area (Å²) in [5, 5.41) is 0.474. The van der Waals surface area contributed by atoms with Crippen molar-refractivity contribution in [3.8, 4) is 11.4 Å². The molecule has 0 saturated carbocycles. The Balaban J connectivity index is 1.97. The van der Waals surface area contributed by atoms with E-state index >= 15 is 0 Å². The summed E-state index contributed by atoms with van der Waals surface area (Å²) in [5.74, 6) is 0.851. The van der Waals surface area contributed by atoms with Gasteiger partial charge in [-0.25, -0.2) is 9.97 Å². The number of hydrogen-bond acceptors (Lipinski definition) is 2. The van der Waals surface area contributed by atoms with Crippen LogP contribution in [0.15, 0.2) is 54.7 Å². The molecule has 0 aliphatic heterocycles. The van der Waals surface area contributed by atoms with Crippen LogP contribution in [0.4, 0.5) is 0 Å². The average Bonchev–Trinajstić information content (AvgIpc) is 2.93. The zero-order valence-electron chi connectivity index (χ0n) is 15.1. The van der Waals surface area contributed by atoms with Crippen LogP contribution >= 0.6 is 11.6 Å². The van der Waals surface area contributed by atoms with Gasteiger partial charge in [0.25, 0.3) is 0 Å². The molecular formula is C22H20ClN3. The standard InChI is InChI=1S/C22H20ClN3/c1-14-6-4-7-17(10-14)13-26-20-12-16(3)15(2)11-19(20)25-22(26)18-8-5-9-24-21(18)23/h4-12H,13H2,1-3H3. The van der Waals surface area contributed by atoms with Gasteiger partial charge in [-0.2, -0.15) is 0 Å². The van der Waals surface area contributed by atoms with Crippen LogP contribution in [-0.4, -0.2) is 14.5 Å². The van der Waals surface area contributed by atoms with Crippen molar-refractivity contribution in [2.75, 3.05) is 0 Å². The van der Waals surface area contributed by atoms with Gasteiger partial charge in [0.1, 0.15) is 11.0 Å². The number of pyridine rings is 1. The summed E-state index contributed by atoms with van der Waals surface area (Å²) >= 11 is 6.38. The van der Waals surface area contributed by atoms with Crippen molar-refractivity contribution < 1.29 is 0 Å². The first-order valence-corrected chi connectivity index (χ1v) is 9.04. The lowest BCUT2D eigenvalue weighted by Crippen LogP contribution is -2.03. The molecule has 0 amide bonds. The number of hydrogen-bond donors (Lipinski definition) is 0. The first-order valence-electron chi connectivity index (χ1n) is 8.67. The lowest BCUT2D eigenvalue weighted by atomic mass is 10.1. The molecule has 0 saturated heterocycles. The molecule has 4 aromatic rings. The monoisotopic (exact) mass is 361 g/mol. The lowest BCUT2D eigenvalue weighted by molar-refractivity contribution is 0.832. The second-order valence-corrected chi connectivity index (χ2v) is 7.14. The van der Waals surface area contributed by atoms with Gasteiger partial charge >= 0.3 is 0 Å². The summed E-state index contributed by atoms with van der Waals surface area (Å²) < 4.78 is 2.24. The number of aryl methyl sites for hydroxylation is 3. The predicted octanol–water partition coefficient (Wildman–Crippen LogP) is 5.73. The van der Waals surface area contributed by atoms with Crippen LogP contribution < -0.4 is 0 Å². The van der Waals surface area contributed by atoms with E-state index in [1.165, 1.54) is 22.3 Å². The van der Waals surface area contributed by atoms with Gasteiger partial charge in [-0.1, -0.05) is 41.4 Å². The van der Waals surface area contributed by atoms with E-state index in [0.717, 1.165) is 29.0 Å². The third-order valence-corrected chi connectivity index (χ3v) is 5.09. The van der Waals surface area contributed by atoms with Crippen molar-refractivity contribution >= 4 is 22.6 Å². The third kappa shape index (κ3) is 2.99. The largest absolute Gasteiger partial charge is 0.319 e. The SMILES string of the molecule is Cc1cccc(Cn2c(-c3cccnc3Cl)nc3cc(C)c(C)cc32)c1. The third-order valence-electron chi connectivity index (χ3n) is 4.79. The predicted molar refractivity (Wildman–Crippen MR) is 108 cm³/mol. The minimum Gasteiger partial charge on any atom is -0.319 e. The Morgan fingerprint density at radius 1 is 0.962 bits per heavy atom. The molecule has 130 valence electrons. The fourth-order valence-electron chi connectivity index (χ4n) is 3.29. The van der Waals surface area contributed by atoms with Gasteiger partial charge in [-0.05, 0) is 61.7 Å². The maximum Gasteiger partial charge on any atom is 0.144 e. The van der Waals surface area contributed by atoms with Gasteiger partial charge in [0.05, 0.1) is 16.6 Å². The molecule has 26 heavy (non-hydrogen) atoms. The first-order chi connectivity index (χ1) is 12.5. The zero-order valence-corrected chi connectivity index (χ0v) is 15.9. The van der Waals surface area contributed by atoms with Crippen molar-refractivity contribution in [2.45, 2.75) is 27.3 Å². The van der Waals surface area contributed by atoms with E-state index in [2.05, 4.69) is 66.7 Å². The van der Waals surface area contributed by atoms with E-state index in [1.54, 1.807) is 6.20 Å². The van der Waals surface area contributed by atoms with Crippen LogP contribution in [0.3, 0.4) is 0 Å². The Morgan fingerprint density at radius 3 is 2.54 bits per heavy atom. The second kappa shape index (κ2) is 6.58. The molecule has 2 aromatic carbocycles. The maximum atomic E-state index is 6.38. The van der Waals surface area contributed by atoms with E-state index in [-0.39, 0.29) is 0 Å². The molecule has 4 heteroatoms. The van der Waals surface area contributed by atoms with E-state index < -0.39 is 0 Å². The maximum absolute atomic E-state index is 6.38. The lowest BCUT2D eigenvalue weighted by Gasteiger charge is -2.11. The molecule has 0 aliphatic rings. The first kappa shape index (κ1) is 16.8. The smallest absolute Gasteiger partial charge is 0.144 e. The minimum atomic E-state index is 0.474. The molecule has 0 N–H and O–H groups in total. The Bertz CT molecular complexity index is 1110. The molecule has 2 aromatic heterocycles. The number of aromatic nitrogens is 3. The van der Waals surface area contributed by atoms with E-state index in [4.69, 9.17) is 16.6 Å². The van der Waals surface area contributed by atoms with Crippen LogP contribution in [0.5, 0.6) is 0 Å². The van der Waals surface area contributed by atoms with Crippen molar-refractivity contribution in [2.24, 2.45) is 0 Å². The summed E-state index contributed by atoms with van der Waals surface area (Å²) in [6, 6.07) is 16.8. The molecule has 0 bridgehead atoms. The highest BCUT2D eigenvalue weighted by atomic mass is 35.5. The molecule has 4 rings (SSSR count). The molecule has 0 atom stereocenters. The fraction of sp³-hybridized carbons (Fsp3) is 0.182. The minimum absolute atomic E-state index is 0.474. The van der Waals surface area contributed by atoms with Crippen LogP contribution in [0, 0.1) is 20.8 Å². The van der Waals surface area contributed by atoms with Gasteiger partial charge in [-0.15, -0.1) is 0 Å². The van der Waals surface area contributed by atoms with Gasteiger partial charge < -0.3 is 4.57 Å². The second-order valence-electron chi connectivity index (χ2n) is 6.78. The topological polar surface area (TPSA) is 30.7 Å². The molecular weight excluding hydrogens is 342 g/mol. The summed E-state index contributed by atoms with van der Waals surface area (Å²) in [5.41, 5.74) is 7.94. The summed E-state index contributed by atoms with van der Waals surface area (Å²) in [6.45, 7) is 7.10. The molecule has 0 fully saturated rings. The Hall–Kier alpha value is -2.65. The normalized spacial score (nSPS) is 11.2. The highest BCUT2D eigenvalue weighted by molar-refractivity contribution is 6.32. The Labute approximate surface area is 158 Å². The fourth-order valence-corrected chi connectivity index (χ4v) is 3.50. The summed E-state index contributed by atoms with van der Waals surface area (Å²) in [7, 11) is 0. The van der Waals surface area contributed by atoms with Gasteiger partial charge in [0.15, 0.2) is 0 Å². The Kier molecular flexibility index (Phi) is 4.25. The van der Waals surface area contributed by atoms with Crippen LogP contribution in [0.2, 0.25) is 5.15 Å². The molecule has 3 nitrogen and oxygen atoms in total. The zero-order chi connectivity index (χ0) is 18.3. The van der Waals surface area contributed by atoms with Gasteiger partial charge in [-0.3, -0.25) is 0 Å². The number of benzene rings is 2. The van der Waals surface area contributed by atoms with Gasteiger partial charge in [0, 0.05) is 12.7 Å². The van der Waals surface area contributed by atoms with E-state index in [0.29, 0.717) is 5.15 Å². The van der Waals surface area contributed by atoms with Crippen molar-refractivity contribution in [1.82, 2.24) is 14.5 Å². The highest BCUT2D eigenvalue weighted by Gasteiger charge is 2.16. The molecule has 0 aliphatic carbocycles. The van der Waals surface area contributed by atoms with Crippen LogP contribution in [-0.2, 0) is 6.54 Å². The number of fused-ring (bicyclic) bond motifs is 1. The number of nitrogens with zero attached hydrogens (tertiary/aromatic N) is 3. The highest BCUT2D eigenvalue weighted by Crippen LogP contribution is 2.31. The van der Waals surface area contributed by atoms with E-state index in [9.17, 15) is 0 Å². The average molecular weight is 362 g/mol. The molecule has 0 unspecified atom stereocenters. The molecule has 0 spiro atoms. The van der Waals surface area contributed by atoms with Gasteiger partial charge in [0.2, 0.25) is 0 Å².